The molecule has 3 aromatic heterocycles. The van der Waals surface area contributed by atoms with E-state index in [2.05, 4.69) is 48.7 Å². The number of pyridine rings is 1. The summed E-state index contributed by atoms with van der Waals surface area (Å²) in [6.45, 7) is 10.0. The lowest BCUT2D eigenvalue weighted by Crippen LogP contribution is -2.14. The zero-order valence-corrected chi connectivity index (χ0v) is 20.1. The van der Waals surface area contributed by atoms with Gasteiger partial charge in [0.1, 0.15) is 10.7 Å². The highest BCUT2D eigenvalue weighted by molar-refractivity contribution is 7.92. The van der Waals surface area contributed by atoms with E-state index in [1.807, 2.05) is 13.0 Å². The van der Waals surface area contributed by atoms with Gasteiger partial charge in [0.05, 0.1) is 5.69 Å². The average Bonchev–Trinajstić information content (AvgIpc) is 3.22. The SMILES string of the molecule is Cc1cccc(-c2c(C(C)C)sc3nc(C)cc(NS(=O)(=O)c4cn(C)c(C)n4)c23)c1. The molecule has 0 aliphatic rings. The normalized spacial score (nSPS) is 12.1. The molecule has 4 rings (SSSR count). The molecule has 0 aliphatic heterocycles. The van der Waals surface area contributed by atoms with Gasteiger partial charge in [-0.15, -0.1) is 11.3 Å². The standard InChI is InChI=1S/C23H26N4O2S2/c1-13(2)22-20(17-9-7-8-14(3)10-17)21-18(11-15(4)24-23(21)30-22)26-31(28,29)19-12-27(6)16(5)25-19/h7-13H,1-6H3,(H,24,26). The Kier molecular flexibility index (Phi) is 5.39. The number of fused-ring (bicyclic) bond motifs is 1. The summed E-state index contributed by atoms with van der Waals surface area (Å²) in [6, 6.07) is 10.1. The number of imidazole rings is 1. The van der Waals surface area contributed by atoms with Crippen molar-refractivity contribution in [3.05, 3.63) is 58.5 Å². The van der Waals surface area contributed by atoms with Crippen molar-refractivity contribution in [2.45, 2.75) is 45.6 Å². The summed E-state index contributed by atoms with van der Waals surface area (Å²) in [6.07, 6.45) is 1.53. The second-order valence-electron chi connectivity index (χ2n) is 8.20. The fourth-order valence-electron chi connectivity index (χ4n) is 3.67. The van der Waals surface area contributed by atoms with Crippen LogP contribution in [0.4, 0.5) is 5.69 Å². The maximum atomic E-state index is 13.2. The predicted molar refractivity (Wildman–Crippen MR) is 127 cm³/mol. The number of rotatable bonds is 5. The Bertz CT molecular complexity index is 1380. The van der Waals surface area contributed by atoms with Crippen molar-refractivity contribution in [3.8, 4) is 11.1 Å². The highest BCUT2D eigenvalue weighted by Gasteiger charge is 2.25. The third kappa shape index (κ3) is 3.97. The summed E-state index contributed by atoms with van der Waals surface area (Å²) in [5.41, 5.74) is 4.55. The van der Waals surface area contributed by atoms with E-state index in [9.17, 15) is 8.42 Å². The third-order valence-corrected chi connectivity index (χ3v) is 7.87. The lowest BCUT2D eigenvalue weighted by atomic mass is 9.96. The Morgan fingerprint density at radius 3 is 2.45 bits per heavy atom. The van der Waals surface area contributed by atoms with Crippen LogP contribution >= 0.6 is 11.3 Å². The van der Waals surface area contributed by atoms with Gasteiger partial charge in [-0.2, -0.15) is 8.42 Å². The topological polar surface area (TPSA) is 76.9 Å². The van der Waals surface area contributed by atoms with Crippen molar-refractivity contribution in [1.29, 1.82) is 0 Å². The number of hydrogen-bond donors (Lipinski definition) is 1. The minimum Gasteiger partial charge on any atom is -0.337 e. The Balaban J connectivity index is 1.97. The van der Waals surface area contributed by atoms with Crippen molar-refractivity contribution in [2.24, 2.45) is 7.05 Å². The highest BCUT2D eigenvalue weighted by Crippen LogP contribution is 2.45. The van der Waals surface area contributed by atoms with Crippen molar-refractivity contribution < 1.29 is 8.42 Å². The molecule has 0 saturated carbocycles. The molecule has 0 aliphatic carbocycles. The van der Waals surface area contributed by atoms with Crippen molar-refractivity contribution in [1.82, 2.24) is 14.5 Å². The highest BCUT2D eigenvalue weighted by atomic mass is 32.2. The summed E-state index contributed by atoms with van der Waals surface area (Å²) in [7, 11) is -2.07. The molecule has 0 atom stereocenters. The number of aryl methyl sites for hydroxylation is 4. The summed E-state index contributed by atoms with van der Waals surface area (Å²) >= 11 is 1.62. The van der Waals surface area contributed by atoms with E-state index in [0.717, 1.165) is 32.6 Å². The number of hydrogen-bond acceptors (Lipinski definition) is 5. The minimum absolute atomic E-state index is 0.00605. The molecule has 0 radical (unpaired) electrons. The van der Waals surface area contributed by atoms with Crippen molar-refractivity contribution in [2.75, 3.05) is 4.72 Å². The first kappa shape index (κ1) is 21.5. The van der Waals surface area contributed by atoms with Crippen LogP contribution in [0.3, 0.4) is 0 Å². The van der Waals surface area contributed by atoms with Crippen LogP contribution < -0.4 is 4.72 Å². The molecule has 0 unspecified atom stereocenters. The molecule has 0 amide bonds. The van der Waals surface area contributed by atoms with Crippen LogP contribution in [0.15, 0.2) is 41.6 Å². The first-order chi connectivity index (χ1) is 14.6. The molecular weight excluding hydrogens is 428 g/mol. The zero-order chi connectivity index (χ0) is 22.5. The number of sulfonamides is 1. The first-order valence-electron chi connectivity index (χ1n) is 10.1. The lowest BCUT2D eigenvalue weighted by Gasteiger charge is -2.12. The van der Waals surface area contributed by atoms with Gasteiger partial charge in [-0.05, 0) is 38.3 Å². The van der Waals surface area contributed by atoms with Crippen LogP contribution in [0.25, 0.3) is 21.3 Å². The molecular formula is C23H26N4O2S2. The maximum Gasteiger partial charge on any atom is 0.280 e. The molecule has 1 aromatic carbocycles. The second-order valence-corrected chi connectivity index (χ2v) is 10.9. The van der Waals surface area contributed by atoms with Crippen LogP contribution in [0.2, 0.25) is 0 Å². The van der Waals surface area contributed by atoms with Gasteiger partial charge in [-0.3, -0.25) is 4.72 Å². The molecule has 0 bridgehead atoms. The molecule has 8 heteroatoms. The van der Waals surface area contributed by atoms with Crippen LogP contribution in [-0.4, -0.2) is 23.0 Å². The molecule has 0 spiro atoms. The quantitative estimate of drug-likeness (QED) is 0.429. The van der Waals surface area contributed by atoms with Gasteiger partial charge in [-0.1, -0.05) is 43.7 Å². The van der Waals surface area contributed by atoms with Gasteiger partial charge >= 0.3 is 0 Å². The second kappa shape index (κ2) is 7.76. The molecule has 162 valence electrons. The Hall–Kier alpha value is -2.71. The van der Waals surface area contributed by atoms with Gasteiger partial charge < -0.3 is 4.57 Å². The van der Waals surface area contributed by atoms with Gasteiger partial charge in [0.2, 0.25) is 0 Å². The first-order valence-corrected chi connectivity index (χ1v) is 12.4. The van der Waals surface area contributed by atoms with Crippen LogP contribution in [-0.2, 0) is 17.1 Å². The molecule has 6 nitrogen and oxygen atoms in total. The van der Waals surface area contributed by atoms with E-state index in [1.165, 1.54) is 11.1 Å². The molecule has 4 aromatic rings. The van der Waals surface area contributed by atoms with Gasteiger partial charge in [0.25, 0.3) is 10.0 Å². The molecule has 0 fully saturated rings. The van der Waals surface area contributed by atoms with Gasteiger partial charge in [0, 0.05) is 34.8 Å². The largest absolute Gasteiger partial charge is 0.337 e. The molecule has 0 saturated heterocycles. The number of nitrogens with zero attached hydrogens (tertiary/aromatic N) is 3. The number of anilines is 1. The minimum atomic E-state index is -3.85. The number of aromatic nitrogens is 3. The molecule has 31 heavy (non-hydrogen) atoms. The average molecular weight is 455 g/mol. The molecule has 1 N–H and O–H groups in total. The summed E-state index contributed by atoms with van der Waals surface area (Å²) in [4.78, 5) is 11.0. The zero-order valence-electron chi connectivity index (χ0n) is 18.5. The number of benzene rings is 1. The fourth-order valence-corrected chi connectivity index (χ4v) is 6.04. The van der Waals surface area contributed by atoms with E-state index in [-0.39, 0.29) is 10.9 Å². The Labute approximate surface area is 187 Å². The smallest absolute Gasteiger partial charge is 0.280 e. The Morgan fingerprint density at radius 2 is 1.84 bits per heavy atom. The predicted octanol–water partition coefficient (Wildman–Crippen LogP) is 5.55. The third-order valence-electron chi connectivity index (χ3n) is 5.25. The monoisotopic (exact) mass is 454 g/mol. The number of nitrogens with one attached hydrogen (secondary N) is 1. The van der Waals surface area contributed by atoms with E-state index in [1.54, 1.807) is 35.9 Å². The van der Waals surface area contributed by atoms with Gasteiger partial charge in [0.15, 0.2) is 5.03 Å². The van der Waals surface area contributed by atoms with Gasteiger partial charge in [-0.25, -0.2) is 9.97 Å². The van der Waals surface area contributed by atoms with Crippen LogP contribution in [0.5, 0.6) is 0 Å². The van der Waals surface area contributed by atoms with Crippen molar-refractivity contribution in [3.63, 3.8) is 0 Å². The van der Waals surface area contributed by atoms with Crippen molar-refractivity contribution >= 4 is 37.3 Å². The summed E-state index contributed by atoms with van der Waals surface area (Å²) in [5, 5.41) is 0.840. The van der Waals surface area contributed by atoms with E-state index < -0.39 is 10.0 Å². The Morgan fingerprint density at radius 1 is 1.10 bits per heavy atom. The van der Waals surface area contributed by atoms with E-state index >= 15 is 0 Å². The van der Waals surface area contributed by atoms with Crippen LogP contribution in [0, 0.1) is 20.8 Å². The van der Waals surface area contributed by atoms with E-state index in [4.69, 9.17) is 4.98 Å². The maximum absolute atomic E-state index is 13.2. The summed E-state index contributed by atoms with van der Waals surface area (Å²) in [5.74, 6) is 0.910. The fraction of sp³-hybridized carbons (Fsp3) is 0.304. The lowest BCUT2D eigenvalue weighted by molar-refractivity contribution is 0.598. The van der Waals surface area contributed by atoms with E-state index in [0.29, 0.717) is 11.5 Å². The molecule has 3 heterocycles. The number of thiophene rings is 1. The van der Waals surface area contributed by atoms with Crippen LogP contribution in [0.1, 0.15) is 41.7 Å². The summed E-state index contributed by atoms with van der Waals surface area (Å²) < 4.78 is 30.8.